The second kappa shape index (κ2) is 12.1. The number of nitrogens with zero attached hydrogens (tertiary/aromatic N) is 3. The van der Waals surface area contributed by atoms with Crippen molar-refractivity contribution in [1.82, 2.24) is 4.90 Å². The summed E-state index contributed by atoms with van der Waals surface area (Å²) in [6, 6.07) is 8.18. The van der Waals surface area contributed by atoms with Gasteiger partial charge in [-0.25, -0.2) is 0 Å². The smallest absolute Gasteiger partial charge is 0.144 e. The van der Waals surface area contributed by atoms with Crippen LogP contribution < -0.4 is 9.64 Å². The fourth-order valence-corrected chi connectivity index (χ4v) is 10.0. The van der Waals surface area contributed by atoms with Crippen LogP contribution in [-0.2, 0) is 4.84 Å². The molecule has 8 unspecified atom stereocenters. The van der Waals surface area contributed by atoms with Crippen molar-refractivity contribution in [2.24, 2.45) is 39.7 Å². The molecule has 8 atom stereocenters. The van der Waals surface area contributed by atoms with E-state index in [9.17, 15) is 10.2 Å². The fourth-order valence-electron chi connectivity index (χ4n) is 10.0. The lowest BCUT2D eigenvalue weighted by Crippen LogP contribution is -2.50. The molecule has 3 saturated carbocycles. The maximum atomic E-state index is 10.8. The lowest BCUT2D eigenvalue weighted by molar-refractivity contribution is -0.0429. The molecule has 0 aromatic heterocycles. The predicted octanol–water partition coefficient (Wildman–Crippen LogP) is 5.51. The molecule has 0 radical (unpaired) electrons. The number of aliphatic hydroxyl groups is 2. The van der Waals surface area contributed by atoms with Crippen molar-refractivity contribution >= 4 is 11.4 Å². The van der Waals surface area contributed by atoms with Crippen LogP contribution in [0.3, 0.4) is 0 Å². The molecule has 0 bridgehead atoms. The van der Waals surface area contributed by atoms with Gasteiger partial charge >= 0.3 is 0 Å². The Morgan fingerprint density at radius 3 is 2.62 bits per heavy atom. The van der Waals surface area contributed by atoms with Gasteiger partial charge in [-0.05, 0) is 99.0 Å². The van der Waals surface area contributed by atoms with Gasteiger partial charge in [0, 0.05) is 38.6 Å². The van der Waals surface area contributed by atoms with Crippen LogP contribution >= 0.6 is 0 Å². The van der Waals surface area contributed by atoms with E-state index >= 15 is 0 Å². The normalized spacial score (nSPS) is 37.8. The van der Waals surface area contributed by atoms with Gasteiger partial charge in [0.1, 0.15) is 18.5 Å². The average Bonchev–Trinajstić information content (AvgIpc) is 3.35. The summed E-state index contributed by atoms with van der Waals surface area (Å²) in [4.78, 5) is 10.5. The van der Waals surface area contributed by atoms with Crippen LogP contribution in [0.15, 0.2) is 41.1 Å². The number of β-amino-alcohol motifs (C(OH)–C–C–N with tert-alkyl or cyclic N) is 1. The van der Waals surface area contributed by atoms with Crippen molar-refractivity contribution in [3.8, 4) is 5.75 Å². The standard InChI is InChI=1S/C35H53N3O4/c1-24(36-42-23-27(40)22-37-17-19-38(20-18-37)32-7-5-6-8-33(32)41-4)29-11-12-30-28-10-9-25-21-26(39)13-15-34(25,2)31(28)14-16-35(29,30)3/h5-9,26-31,39-40H,10-23H2,1-4H3/b36-24-. The molecule has 0 amide bonds. The van der Waals surface area contributed by atoms with Gasteiger partial charge in [-0.2, -0.15) is 0 Å². The van der Waals surface area contributed by atoms with Gasteiger partial charge in [-0.1, -0.05) is 42.8 Å². The number of fused-ring (bicyclic) bond motifs is 5. The molecule has 42 heavy (non-hydrogen) atoms. The first-order valence-electron chi connectivity index (χ1n) is 16.6. The quantitative estimate of drug-likeness (QED) is 0.240. The highest BCUT2D eigenvalue weighted by atomic mass is 16.6. The lowest BCUT2D eigenvalue weighted by atomic mass is 9.47. The van der Waals surface area contributed by atoms with Crippen LogP contribution in [0, 0.1) is 34.5 Å². The highest BCUT2D eigenvalue weighted by Gasteiger charge is 2.59. The van der Waals surface area contributed by atoms with E-state index in [0.29, 0.717) is 12.5 Å². The van der Waals surface area contributed by atoms with Crippen LogP contribution in [0.2, 0.25) is 0 Å². The van der Waals surface area contributed by atoms with E-state index < -0.39 is 6.10 Å². The third kappa shape index (κ3) is 5.50. The van der Waals surface area contributed by atoms with Gasteiger partial charge in [0.25, 0.3) is 0 Å². The summed E-state index contributed by atoms with van der Waals surface area (Å²) >= 11 is 0. The van der Waals surface area contributed by atoms with Gasteiger partial charge in [-0.3, -0.25) is 4.90 Å². The first-order valence-corrected chi connectivity index (χ1v) is 16.6. The number of piperazine rings is 1. The minimum absolute atomic E-state index is 0.141. The summed E-state index contributed by atoms with van der Waals surface area (Å²) in [6.45, 7) is 11.6. The van der Waals surface area contributed by atoms with Crippen LogP contribution in [0.1, 0.15) is 72.1 Å². The molecule has 232 valence electrons. The maximum absolute atomic E-state index is 10.8. The third-order valence-electron chi connectivity index (χ3n) is 12.3. The Kier molecular flexibility index (Phi) is 8.65. The monoisotopic (exact) mass is 579 g/mol. The third-order valence-corrected chi connectivity index (χ3v) is 12.3. The number of methoxy groups -OCH3 is 1. The van der Waals surface area contributed by atoms with E-state index in [2.05, 4.69) is 53.9 Å². The SMILES string of the molecule is COc1ccccc1N1CCN(CC(O)CO/N=C(/C)C2CCC3C4CC=C5CC(O)CCC5(C)C4CCC23C)CC1. The number of anilines is 1. The van der Waals surface area contributed by atoms with E-state index in [0.717, 1.165) is 80.3 Å². The molecule has 1 aromatic rings. The highest BCUT2D eigenvalue weighted by molar-refractivity contribution is 5.85. The van der Waals surface area contributed by atoms with Crippen molar-refractivity contribution in [3.05, 3.63) is 35.9 Å². The van der Waals surface area contributed by atoms with Crippen LogP contribution in [0.25, 0.3) is 0 Å². The van der Waals surface area contributed by atoms with Crippen molar-refractivity contribution in [1.29, 1.82) is 0 Å². The molecule has 1 saturated heterocycles. The predicted molar refractivity (Wildman–Crippen MR) is 168 cm³/mol. The number of hydrogen-bond donors (Lipinski definition) is 2. The molecule has 7 nitrogen and oxygen atoms in total. The minimum Gasteiger partial charge on any atom is -0.495 e. The van der Waals surface area contributed by atoms with Gasteiger partial charge in [0.05, 0.1) is 24.6 Å². The van der Waals surface area contributed by atoms with Crippen molar-refractivity contribution in [2.45, 2.75) is 84.3 Å². The molecule has 0 spiro atoms. The molecular formula is C35H53N3O4. The highest BCUT2D eigenvalue weighted by Crippen LogP contribution is 2.66. The zero-order valence-electron chi connectivity index (χ0n) is 26.3. The van der Waals surface area contributed by atoms with E-state index in [-0.39, 0.29) is 23.5 Å². The van der Waals surface area contributed by atoms with Crippen LogP contribution in [-0.4, -0.2) is 79.5 Å². The zero-order chi connectivity index (χ0) is 29.5. The van der Waals surface area contributed by atoms with E-state index in [1.54, 1.807) is 12.7 Å². The molecular weight excluding hydrogens is 526 g/mol. The second-order valence-corrected chi connectivity index (χ2v) is 14.5. The largest absolute Gasteiger partial charge is 0.495 e. The summed E-state index contributed by atoms with van der Waals surface area (Å²) in [7, 11) is 1.72. The average molecular weight is 580 g/mol. The number of rotatable bonds is 8. The Labute approximate surface area is 252 Å². The van der Waals surface area contributed by atoms with Gasteiger partial charge < -0.3 is 24.7 Å². The first-order chi connectivity index (χ1) is 20.2. The molecule has 2 N–H and O–H groups in total. The summed E-state index contributed by atoms with van der Waals surface area (Å²) in [5.74, 6) is 3.59. The maximum Gasteiger partial charge on any atom is 0.144 e. The number of benzene rings is 1. The summed E-state index contributed by atoms with van der Waals surface area (Å²) < 4.78 is 5.54. The number of allylic oxidation sites excluding steroid dienone is 1. The van der Waals surface area contributed by atoms with Crippen molar-refractivity contribution < 1.29 is 19.8 Å². The van der Waals surface area contributed by atoms with Gasteiger partial charge in [0.15, 0.2) is 0 Å². The first kappa shape index (κ1) is 30.0. The van der Waals surface area contributed by atoms with E-state index in [1.807, 2.05) is 12.1 Å². The van der Waals surface area contributed by atoms with Gasteiger partial charge in [-0.15, -0.1) is 0 Å². The molecule has 6 rings (SSSR count). The number of ether oxygens (including phenoxy) is 1. The Morgan fingerprint density at radius 2 is 1.83 bits per heavy atom. The Morgan fingerprint density at radius 1 is 1.05 bits per heavy atom. The van der Waals surface area contributed by atoms with Crippen molar-refractivity contribution in [3.63, 3.8) is 0 Å². The molecule has 7 heteroatoms. The van der Waals surface area contributed by atoms with E-state index in [4.69, 9.17) is 9.57 Å². The summed E-state index contributed by atoms with van der Waals surface area (Å²) in [5.41, 5.74) is 4.34. The molecule has 5 aliphatic rings. The number of hydrogen-bond acceptors (Lipinski definition) is 7. The summed E-state index contributed by atoms with van der Waals surface area (Å²) in [5, 5.41) is 25.7. The second-order valence-electron chi connectivity index (χ2n) is 14.5. The summed E-state index contributed by atoms with van der Waals surface area (Å²) in [6.07, 6.45) is 11.0. The van der Waals surface area contributed by atoms with Crippen molar-refractivity contribution in [2.75, 3.05) is 51.3 Å². The number of oxime groups is 1. The van der Waals surface area contributed by atoms with Gasteiger partial charge in [0.2, 0.25) is 0 Å². The van der Waals surface area contributed by atoms with E-state index in [1.165, 1.54) is 32.1 Å². The molecule has 1 aliphatic heterocycles. The zero-order valence-corrected chi connectivity index (χ0v) is 26.3. The minimum atomic E-state index is -0.556. The molecule has 4 fully saturated rings. The number of para-hydroxylation sites is 2. The Balaban J connectivity index is 0.998. The Hall–Kier alpha value is -2.09. The topological polar surface area (TPSA) is 77.8 Å². The molecule has 1 aromatic carbocycles. The molecule has 4 aliphatic carbocycles. The van der Waals surface area contributed by atoms with Crippen LogP contribution in [0.5, 0.6) is 5.75 Å². The number of aliphatic hydroxyl groups excluding tert-OH is 2. The van der Waals surface area contributed by atoms with Crippen LogP contribution in [0.4, 0.5) is 5.69 Å². The lowest BCUT2D eigenvalue weighted by Gasteiger charge is -2.58. The fraction of sp³-hybridized carbons (Fsp3) is 0.743. The Bertz CT molecular complexity index is 1160. The molecule has 1 heterocycles.